The SMILES string of the molecule is COC(=O)c1c(N(Cc2cccc3ccccc23)C(C)=O)sc2c1CCC1(C2)OCCO1. The first-order valence-electron chi connectivity index (χ1n) is 10.8. The first-order valence-corrected chi connectivity index (χ1v) is 11.6. The number of amides is 1. The standard InChI is InChI=1S/C25H25NO5S/c1-16(27)26(15-18-8-5-7-17-6-3-4-9-19(17)18)23-22(24(28)29-2)20-10-11-25(14-21(20)32-23)30-12-13-31-25/h3-9H,10-15H2,1-2H3. The van der Waals surface area contributed by atoms with Gasteiger partial charge in [-0.1, -0.05) is 42.5 Å². The van der Waals surface area contributed by atoms with Crippen LogP contribution in [-0.4, -0.2) is 38.0 Å². The molecule has 0 unspecified atom stereocenters. The van der Waals surface area contributed by atoms with Gasteiger partial charge in [0.15, 0.2) is 5.79 Å². The van der Waals surface area contributed by atoms with E-state index in [4.69, 9.17) is 14.2 Å². The Labute approximate surface area is 190 Å². The molecule has 32 heavy (non-hydrogen) atoms. The Balaban J connectivity index is 1.58. The molecule has 1 fully saturated rings. The van der Waals surface area contributed by atoms with Gasteiger partial charge in [0.1, 0.15) is 5.00 Å². The summed E-state index contributed by atoms with van der Waals surface area (Å²) in [5, 5.41) is 2.84. The van der Waals surface area contributed by atoms with Gasteiger partial charge in [0.05, 0.1) is 32.4 Å². The number of anilines is 1. The number of hydrogen-bond donors (Lipinski definition) is 0. The van der Waals surface area contributed by atoms with E-state index in [-0.39, 0.29) is 5.91 Å². The number of carbonyl (C=O) groups is 2. The minimum atomic E-state index is -0.612. The second kappa shape index (κ2) is 8.31. The molecule has 1 aliphatic heterocycles. The number of methoxy groups -OCH3 is 1. The highest BCUT2D eigenvalue weighted by Crippen LogP contribution is 2.45. The van der Waals surface area contributed by atoms with Gasteiger partial charge >= 0.3 is 5.97 Å². The second-order valence-corrected chi connectivity index (χ2v) is 9.29. The summed E-state index contributed by atoms with van der Waals surface area (Å²) in [5.41, 5.74) is 2.47. The van der Waals surface area contributed by atoms with Gasteiger partial charge in [-0.25, -0.2) is 4.79 Å². The van der Waals surface area contributed by atoms with Crippen molar-refractivity contribution in [1.29, 1.82) is 0 Å². The summed E-state index contributed by atoms with van der Waals surface area (Å²) in [4.78, 5) is 28.4. The highest BCUT2D eigenvalue weighted by Gasteiger charge is 2.43. The van der Waals surface area contributed by atoms with Crippen LogP contribution < -0.4 is 4.90 Å². The molecule has 1 saturated heterocycles. The molecule has 5 rings (SSSR count). The molecule has 0 bridgehead atoms. The molecule has 166 valence electrons. The Morgan fingerprint density at radius 2 is 1.88 bits per heavy atom. The number of thiophene rings is 1. The van der Waals surface area contributed by atoms with E-state index >= 15 is 0 Å². The fourth-order valence-corrected chi connectivity index (χ4v) is 6.19. The number of rotatable bonds is 4. The van der Waals surface area contributed by atoms with E-state index in [1.165, 1.54) is 25.4 Å². The van der Waals surface area contributed by atoms with Crippen LogP contribution in [0, 0.1) is 0 Å². The zero-order valence-corrected chi connectivity index (χ0v) is 19.0. The van der Waals surface area contributed by atoms with E-state index in [1.807, 2.05) is 24.3 Å². The van der Waals surface area contributed by atoms with Crippen molar-refractivity contribution in [2.75, 3.05) is 25.2 Å². The molecule has 2 aromatic carbocycles. The van der Waals surface area contributed by atoms with Crippen LogP contribution in [0.25, 0.3) is 10.8 Å². The molecule has 2 aliphatic rings. The summed E-state index contributed by atoms with van der Waals surface area (Å²) in [6.07, 6.45) is 1.91. The number of fused-ring (bicyclic) bond motifs is 2. The molecule has 0 saturated carbocycles. The van der Waals surface area contributed by atoms with Gasteiger partial charge in [0, 0.05) is 24.6 Å². The van der Waals surface area contributed by atoms with E-state index in [1.54, 1.807) is 4.90 Å². The Hall–Kier alpha value is -2.74. The molecular weight excluding hydrogens is 426 g/mol. The Morgan fingerprint density at radius 1 is 1.12 bits per heavy atom. The Kier molecular flexibility index (Phi) is 5.49. The smallest absolute Gasteiger partial charge is 0.341 e. The van der Waals surface area contributed by atoms with E-state index in [2.05, 4.69) is 18.2 Å². The molecule has 7 heteroatoms. The Morgan fingerprint density at radius 3 is 2.62 bits per heavy atom. The van der Waals surface area contributed by atoms with Gasteiger partial charge in [0.25, 0.3) is 0 Å². The van der Waals surface area contributed by atoms with Gasteiger partial charge in [0.2, 0.25) is 5.91 Å². The van der Waals surface area contributed by atoms with Crippen molar-refractivity contribution >= 4 is 39.0 Å². The van der Waals surface area contributed by atoms with Crippen molar-refractivity contribution in [1.82, 2.24) is 0 Å². The van der Waals surface area contributed by atoms with Crippen LogP contribution in [0.2, 0.25) is 0 Å². The molecule has 6 nitrogen and oxygen atoms in total. The zero-order valence-electron chi connectivity index (χ0n) is 18.2. The molecule has 1 spiro atoms. The lowest BCUT2D eigenvalue weighted by atomic mass is 9.90. The maximum Gasteiger partial charge on any atom is 0.341 e. The average molecular weight is 452 g/mol. The molecule has 0 atom stereocenters. The second-order valence-electron chi connectivity index (χ2n) is 8.20. The van der Waals surface area contributed by atoms with Crippen molar-refractivity contribution < 1.29 is 23.8 Å². The molecule has 0 N–H and O–H groups in total. The number of esters is 1. The van der Waals surface area contributed by atoms with Crippen LogP contribution in [-0.2, 0) is 38.4 Å². The van der Waals surface area contributed by atoms with Crippen molar-refractivity contribution in [3.63, 3.8) is 0 Å². The molecular formula is C25H25NO5S. The highest BCUT2D eigenvalue weighted by molar-refractivity contribution is 7.17. The van der Waals surface area contributed by atoms with E-state index in [9.17, 15) is 9.59 Å². The summed E-state index contributed by atoms with van der Waals surface area (Å²) < 4.78 is 17.0. The zero-order chi connectivity index (χ0) is 22.3. The summed E-state index contributed by atoms with van der Waals surface area (Å²) >= 11 is 1.47. The van der Waals surface area contributed by atoms with Crippen molar-refractivity contribution in [2.24, 2.45) is 0 Å². The maximum absolute atomic E-state index is 12.9. The Bertz CT molecular complexity index is 1190. The van der Waals surface area contributed by atoms with Crippen LogP contribution in [0.4, 0.5) is 5.00 Å². The predicted octanol–water partition coefficient (Wildman–Crippen LogP) is 4.47. The van der Waals surface area contributed by atoms with Crippen LogP contribution in [0.5, 0.6) is 0 Å². The monoisotopic (exact) mass is 451 g/mol. The number of carbonyl (C=O) groups excluding carboxylic acids is 2. The third kappa shape index (κ3) is 3.60. The van der Waals surface area contributed by atoms with Crippen molar-refractivity contribution in [3.05, 3.63) is 64.0 Å². The third-order valence-electron chi connectivity index (χ3n) is 6.29. The normalized spacial score (nSPS) is 16.8. The molecule has 1 aliphatic carbocycles. The number of ether oxygens (including phenoxy) is 3. The summed E-state index contributed by atoms with van der Waals surface area (Å²) in [6.45, 7) is 3.07. The average Bonchev–Trinajstić information content (AvgIpc) is 3.41. The van der Waals surface area contributed by atoms with E-state index in [0.29, 0.717) is 49.6 Å². The minimum Gasteiger partial charge on any atom is -0.465 e. The summed E-state index contributed by atoms with van der Waals surface area (Å²) in [5.74, 6) is -1.14. The molecule has 1 aromatic heterocycles. The van der Waals surface area contributed by atoms with Gasteiger partial charge in [-0.2, -0.15) is 0 Å². The quantitative estimate of drug-likeness (QED) is 0.548. The largest absolute Gasteiger partial charge is 0.465 e. The summed E-state index contributed by atoms with van der Waals surface area (Å²) in [7, 11) is 1.38. The number of nitrogens with zero attached hydrogens (tertiary/aromatic N) is 1. The first kappa shape index (κ1) is 21.1. The van der Waals surface area contributed by atoms with Crippen molar-refractivity contribution in [3.8, 4) is 0 Å². The van der Waals surface area contributed by atoms with E-state index in [0.717, 1.165) is 26.8 Å². The molecule has 2 heterocycles. The fourth-order valence-electron chi connectivity index (χ4n) is 4.73. The summed E-state index contributed by atoms with van der Waals surface area (Å²) in [6, 6.07) is 14.2. The molecule has 1 amide bonds. The van der Waals surface area contributed by atoms with Gasteiger partial charge in [-0.15, -0.1) is 11.3 Å². The fraction of sp³-hybridized carbons (Fsp3) is 0.360. The van der Waals surface area contributed by atoms with Gasteiger partial charge < -0.3 is 14.2 Å². The van der Waals surface area contributed by atoms with Crippen LogP contribution in [0.3, 0.4) is 0 Å². The minimum absolute atomic E-state index is 0.121. The van der Waals surface area contributed by atoms with Crippen LogP contribution in [0.1, 0.15) is 39.7 Å². The highest BCUT2D eigenvalue weighted by atomic mass is 32.1. The van der Waals surface area contributed by atoms with Crippen LogP contribution >= 0.6 is 11.3 Å². The molecule has 0 radical (unpaired) electrons. The van der Waals surface area contributed by atoms with E-state index < -0.39 is 11.8 Å². The lowest BCUT2D eigenvalue weighted by Crippen LogP contribution is -2.36. The number of benzene rings is 2. The lowest BCUT2D eigenvalue weighted by Gasteiger charge is -2.31. The maximum atomic E-state index is 12.9. The first-order chi connectivity index (χ1) is 15.5. The van der Waals surface area contributed by atoms with Gasteiger partial charge in [-0.3, -0.25) is 9.69 Å². The topological polar surface area (TPSA) is 65.1 Å². The lowest BCUT2D eigenvalue weighted by molar-refractivity contribution is -0.163. The number of hydrogen-bond acceptors (Lipinski definition) is 6. The van der Waals surface area contributed by atoms with Gasteiger partial charge in [-0.05, 0) is 28.3 Å². The predicted molar refractivity (Wildman–Crippen MR) is 123 cm³/mol. The van der Waals surface area contributed by atoms with Crippen molar-refractivity contribution in [2.45, 2.75) is 38.5 Å². The molecule has 3 aromatic rings. The van der Waals surface area contributed by atoms with Crippen LogP contribution in [0.15, 0.2) is 42.5 Å². The third-order valence-corrected chi connectivity index (χ3v) is 7.55.